The summed E-state index contributed by atoms with van der Waals surface area (Å²) in [6.07, 6.45) is -4.89. The van der Waals surface area contributed by atoms with E-state index >= 15 is 0 Å². The summed E-state index contributed by atoms with van der Waals surface area (Å²) in [4.78, 5) is 23.1. The summed E-state index contributed by atoms with van der Waals surface area (Å²) in [6.45, 7) is 1.18. The summed E-state index contributed by atoms with van der Waals surface area (Å²) >= 11 is 11.6. The molecule has 0 bridgehead atoms. The Labute approximate surface area is 157 Å². The predicted molar refractivity (Wildman–Crippen MR) is 94.5 cm³/mol. The van der Waals surface area contributed by atoms with E-state index in [1.54, 1.807) is 6.07 Å². The highest BCUT2D eigenvalue weighted by atomic mass is 35.5. The number of hydrogen-bond donors (Lipinski definition) is 2. The van der Waals surface area contributed by atoms with Crippen molar-refractivity contribution < 1.29 is 22.8 Å². The van der Waals surface area contributed by atoms with Crippen LogP contribution in [0.25, 0.3) is 0 Å². The second kappa shape index (κ2) is 7.97. The molecule has 0 saturated carbocycles. The van der Waals surface area contributed by atoms with Gasteiger partial charge in [0.05, 0.1) is 27.7 Å². The molecule has 0 aliphatic heterocycles. The second-order valence-electron chi connectivity index (χ2n) is 5.41. The molecule has 0 spiro atoms. The molecule has 0 radical (unpaired) electrons. The van der Waals surface area contributed by atoms with Crippen LogP contribution in [0.2, 0.25) is 10.0 Å². The average molecular weight is 405 g/mol. The van der Waals surface area contributed by atoms with Crippen molar-refractivity contribution in [2.24, 2.45) is 0 Å². The van der Waals surface area contributed by atoms with Gasteiger partial charge in [-0.15, -0.1) is 0 Å². The molecule has 2 N–H and O–H groups in total. The monoisotopic (exact) mass is 404 g/mol. The summed E-state index contributed by atoms with van der Waals surface area (Å²) < 4.78 is 39.7. The maximum atomic E-state index is 13.2. The molecule has 2 aromatic carbocycles. The minimum absolute atomic E-state index is 0.0210. The first kappa shape index (κ1) is 20.1. The fourth-order valence-electron chi connectivity index (χ4n) is 2.20. The number of rotatable bonds is 4. The van der Waals surface area contributed by atoms with E-state index in [4.69, 9.17) is 23.2 Å². The molecule has 0 atom stereocenters. The third-order valence-electron chi connectivity index (χ3n) is 3.27. The van der Waals surface area contributed by atoms with Gasteiger partial charge in [-0.05, 0) is 35.9 Å². The maximum absolute atomic E-state index is 13.2. The fourth-order valence-corrected chi connectivity index (χ4v) is 2.52. The minimum atomic E-state index is -4.71. The number of anilines is 2. The lowest BCUT2D eigenvalue weighted by molar-refractivity contribution is -0.137. The van der Waals surface area contributed by atoms with Crippen LogP contribution in [-0.2, 0) is 22.2 Å². The van der Waals surface area contributed by atoms with E-state index in [1.807, 2.05) is 0 Å². The second-order valence-corrected chi connectivity index (χ2v) is 6.23. The highest BCUT2D eigenvalue weighted by Crippen LogP contribution is 2.36. The third-order valence-corrected chi connectivity index (χ3v) is 4.01. The van der Waals surface area contributed by atoms with E-state index in [9.17, 15) is 22.8 Å². The Morgan fingerprint density at radius 1 is 1.00 bits per heavy atom. The van der Waals surface area contributed by atoms with Crippen LogP contribution in [0, 0.1) is 0 Å². The van der Waals surface area contributed by atoms with E-state index in [0.29, 0.717) is 10.6 Å². The summed E-state index contributed by atoms with van der Waals surface area (Å²) in [6, 6.07) is 7.63. The number of benzene rings is 2. The van der Waals surface area contributed by atoms with Crippen LogP contribution in [0.3, 0.4) is 0 Å². The van der Waals surface area contributed by atoms with Gasteiger partial charge in [0, 0.05) is 12.6 Å². The van der Waals surface area contributed by atoms with Crippen LogP contribution in [0.4, 0.5) is 24.5 Å². The first-order valence-electron chi connectivity index (χ1n) is 7.29. The Kier molecular flexibility index (Phi) is 6.15. The maximum Gasteiger partial charge on any atom is 0.418 e. The Bertz CT molecular complexity index is 854. The molecule has 0 aliphatic carbocycles. The Balaban J connectivity index is 2.22. The number of halogens is 5. The molecule has 0 heterocycles. The number of alkyl halides is 3. The SMILES string of the molecule is CC(=O)Nc1ccc(NC(=O)Cc2ccc(Cl)c(Cl)c2)c(C(F)(F)F)c1. The largest absolute Gasteiger partial charge is 0.418 e. The van der Waals surface area contributed by atoms with Gasteiger partial charge in [-0.3, -0.25) is 9.59 Å². The van der Waals surface area contributed by atoms with Crippen molar-refractivity contribution in [3.8, 4) is 0 Å². The molecule has 26 heavy (non-hydrogen) atoms. The van der Waals surface area contributed by atoms with Gasteiger partial charge in [0.15, 0.2) is 0 Å². The molecule has 4 nitrogen and oxygen atoms in total. The van der Waals surface area contributed by atoms with E-state index in [0.717, 1.165) is 12.1 Å². The van der Waals surface area contributed by atoms with Crippen LogP contribution in [0.5, 0.6) is 0 Å². The normalized spacial score (nSPS) is 11.2. The van der Waals surface area contributed by atoms with Crippen LogP contribution in [0.15, 0.2) is 36.4 Å². The zero-order valence-electron chi connectivity index (χ0n) is 13.4. The summed E-state index contributed by atoms with van der Waals surface area (Å²) in [5.74, 6) is -1.16. The Morgan fingerprint density at radius 2 is 1.69 bits per heavy atom. The van der Waals surface area contributed by atoms with Gasteiger partial charge in [0.2, 0.25) is 11.8 Å². The quantitative estimate of drug-likeness (QED) is 0.739. The van der Waals surface area contributed by atoms with E-state index in [-0.39, 0.29) is 17.1 Å². The van der Waals surface area contributed by atoms with Crippen molar-refractivity contribution in [3.63, 3.8) is 0 Å². The molecule has 0 fully saturated rings. The standard InChI is InChI=1S/C17H13Cl2F3N2O2/c1-9(25)23-11-3-5-15(12(8-11)17(20,21)22)24-16(26)7-10-2-4-13(18)14(19)6-10/h2-6,8H,7H2,1H3,(H,23,25)(H,24,26). The van der Waals surface area contributed by atoms with Crippen molar-refractivity contribution in [3.05, 3.63) is 57.6 Å². The van der Waals surface area contributed by atoms with Crippen molar-refractivity contribution in [1.82, 2.24) is 0 Å². The van der Waals surface area contributed by atoms with Gasteiger partial charge >= 0.3 is 6.18 Å². The minimum Gasteiger partial charge on any atom is -0.326 e. The fraction of sp³-hybridized carbons (Fsp3) is 0.176. The number of carbonyl (C=O) groups excluding carboxylic acids is 2. The van der Waals surface area contributed by atoms with E-state index in [1.165, 1.54) is 25.1 Å². The first-order valence-corrected chi connectivity index (χ1v) is 8.04. The molecule has 2 rings (SSSR count). The highest BCUT2D eigenvalue weighted by Gasteiger charge is 2.34. The molecule has 0 saturated heterocycles. The Morgan fingerprint density at radius 3 is 2.27 bits per heavy atom. The molecule has 0 aliphatic rings. The molecular formula is C17H13Cl2F3N2O2. The summed E-state index contributed by atoms with van der Waals surface area (Å²) in [7, 11) is 0. The lowest BCUT2D eigenvalue weighted by Crippen LogP contribution is -2.19. The molecule has 2 amide bonds. The van der Waals surface area contributed by atoms with Crippen molar-refractivity contribution in [2.45, 2.75) is 19.5 Å². The molecule has 0 unspecified atom stereocenters. The summed E-state index contributed by atoms with van der Waals surface area (Å²) in [5.41, 5.74) is -0.990. The van der Waals surface area contributed by atoms with E-state index < -0.39 is 29.2 Å². The number of hydrogen-bond acceptors (Lipinski definition) is 2. The van der Waals surface area contributed by atoms with Gasteiger partial charge in [0.1, 0.15) is 0 Å². The van der Waals surface area contributed by atoms with Crippen LogP contribution in [0.1, 0.15) is 18.1 Å². The predicted octanol–water partition coefficient (Wildman–Crippen LogP) is 5.15. The van der Waals surface area contributed by atoms with Crippen molar-refractivity contribution in [2.75, 3.05) is 10.6 Å². The third kappa shape index (κ3) is 5.37. The lowest BCUT2D eigenvalue weighted by Gasteiger charge is -2.15. The first-order chi connectivity index (χ1) is 12.1. The number of amides is 2. The number of nitrogens with one attached hydrogen (secondary N) is 2. The van der Waals surface area contributed by atoms with Crippen LogP contribution < -0.4 is 10.6 Å². The van der Waals surface area contributed by atoms with Gasteiger partial charge in [-0.25, -0.2) is 0 Å². The lowest BCUT2D eigenvalue weighted by atomic mass is 10.1. The molecular weight excluding hydrogens is 392 g/mol. The molecule has 2 aromatic rings. The molecule has 9 heteroatoms. The zero-order chi connectivity index (χ0) is 19.5. The Hall–Kier alpha value is -2.25. The zero-order valence-corrected chi connectivity index (χ0v) is 14.9. The highest BCUT2D eigenvalue weighted by molar-refractivity contribution is 6.42. The van der Waals surface area contributed by atoms with Gasteiger partial charge in [0.25, 0.3) is 0 Å². The topological polar surface area (TPSA) is 58.2 Å². The van der Waals surface area contributed by atoms with Gasteiger partial charge < -0.3 is 10.6 Å². The smallest absolute Gasteiger partial charge is 0.326 e. The summed E-state index contributed by atoms with van der Waals surface area (Å²) in [5, 5.41) is 5.05. The van der Waals surface area contributed by atoms with Gasteiger partial charge in [-0.2, -0.15) is 13.2 Å². The average Bonchev–Trinajstić information content (AvgIpc) is 2.51. The van der Waals surface area contributed by atoms with Crippen LogP contribution >= 0.6 is 23.2 Å². The van der Waals surface area contributed by atoms with E-state index in [2.05, 4.69) is 10.6 Å². The molecule has 138 valence electrons. The van der Waals surface area contributed by atoms with Gasteiger partial charge in [-0.1, -0.05) is 29.3 Å². The molecule has 0 aromatic heterocycles. The van der Waals surface area contributed by atoms with Crippen molar-refractivity contribution in [1.29, 1.82) is 0 Å². The number of carbonyl (C=O) groups is 2. The van der Waals surface area contributed by atoms with Crippen molar-refractivity contribution >= 4 is 46.4 Å². The van der Waals surface area contributed by atoms with Crippen LogP contribution in [-0.4, -0.2) is 11.8 Å².